The molecule has 1 atom stereocenters. The Morgan fingerprint density at radius 1 is 0.935 bits per heavy atom. The van der Waals surface area contributed by atoms with Crippen LogP contribution < -0.4 is 9.64 Å². The number of anilines is 1. The van der Waals surface area contributed by atoms with Crippen molar-refractivity contribution < 1.29 is 19.0 Å². The summed E-state index contributed by atoms with van der Waals surface area (Å²) in [7, 11) is 0. The molecule has 1 heterocycles. The lowest BCUT2D eigenvalue weighted by Gasteiger charge is -2.36. The fraction of sp³-hybridized carbons (Fsp3) is 0.520. The van der Waals surface area contributed by atoms with Crippen LogP contribution in [0.4, 0.5) is 10.1 Å². The Labute approximate surface area is 185 Å². The molecule has 0 unspecified atom stereocenters. The highest BCUT2D eigenvalue weighted by molar-refractivity contribution is 5.46. The Kier molecular flexibility index (Phi) is 8.29. The van der Waals surface area contributed by atoms with Gasteiger partial charge in [-0.1, -0.05) is 32.9 Å². The zero-order valence-electron chi connectivity index (χ0n) is 18.9. The van der Waals surface area contributed by atoms with Crippen LogP contribution in [0.3, 0.4) is 0 Å². The summed E-state index contributed by atoms with van der Waals surface area (Å²) < 4.78 is 24.4. The van der Waals surface area contributed by atoms with Gasteiger partial charge in [0.25, 0.3) is 0 Å². The molecule has 31 heavy (non-hydrogen) atoms. The average molecular weight is 431 g/mol. The molecule has 0 radical (unpaired) electrons. The minimum absolute atomic E-state index is 0.130. The Balaban J connectivity index is 1.28. The first-order valence-electron chi connectivity index (χ1n) is 11.0. The third-order valence-corrected chi connectivity index (χ3v) is 5.56. The van der Waals surface area contributed by atoms with Gasteiger partial charge in [-0.2, -0.15) is 0 Å². The number of aliphatic hydroxyl groups excluding tert-OH is 1. The third kappa shape index (κ3) is 7.49. The van der Waals surface area contributed by atoms with Gasteiger partial charge in [0.1, 0.15) is 18.2 Å². The highest BCUT2D eigenvalue weighted by atomic mass is 19.1. The van der Waals surface area contributed by atoms with Gasteiger partial charge in [-0.25, -0.2) is 4.39 Å². The van der Waals surface area contributed by atoms with Crippen molar-refractivity contribution in [3.8, 4) is 5.75 Å². The number of nitrogens with zero attached hydrogens (tertiary/aromatic N) is 2. The predicted molar refractivity (Wildman–Crippen MR) is 123 cm³/mol. The number of hydrogen-bond acceptors (Lipinski definition) is 5. The predicted octanol–water partition coefficient (Wildman–Crippen LogP) is 3.70. The molecular weight excluding hydrogens is 395 g/mol. The van der Waals surface area contributed by atoms with Crippen LogP contribution in [-0.2, 0) is 10.2 Å². The van der Waals surface area contributed by atoms with Crippen molar-refractivity contribution in [3.63, 3.8) is 0 Å². The summed E-state index contributed by atoms with van der Waals surface area (Å²) in [5.41, 5.74) is 2.45. The molecule has 1 saturated heterocycles. The van der Waals surface area contributed by atoms with Crippen LogP contribution in [-0.4, -0.2) is 68.7 Å². The van der Waals surface area contributed by atoms with E-state index >= 15 is 0 Å². The molecule has 1 aliphatic heterocycles. The van der Waals surface area contributed by atoms with Crippen molar-refractivity contribution in [3.05, 3.63) is 59.9 Å². The lowest BCUT2D eigenvalue weighted by molar-refractivity contribution is 0.00718. The monoisotopic (exact) mass is 430 g/mol. The number of piperazine rings is 1. The molecule has 170 valence electrons. The second-order valence-corrected chi connectivity index (χ2v) is 9.12. The lowest BCUT2D eigenvalue weighted by atomic mass is 9.87. The lowest BCUT2D eigenvalue weighted by Crippen LogP contribution is -2.49. The molecule has 0 bridgehead atoms. The fourth-order valence-corrected chi connectivity index (χ4v) is 3.68. The maximum absolute atomic E-state index is 13.1. The molecule has 6 heteroatoms. The molecule has 2 aromatic carbocycles. The van der Waals surface area contributed by atoms with Gasteiger partial charge in [0.2, 0.25) is 0 Å². The number of β-amino-alcohol motifs (C(OH)–C–C–N with tert-alkyl or cyclic N) is 1. The molecule has 1 aliphatic rings. The van der Waals surface area contributed by atoms with Crippen LogP contribution in [0.25, 0.3) is 0 Å². The topological polar surface area (TPSA) is 45.2 Å². The van der Waals surface area contributed by atoms with Gasteiger partial charge in [-0.05, 0) is 47.4 Å². The maximum atomic E-state index is 13.1. The molecule has 0 aliphatic carbocycles. The van der Waals surface area contributed by atoms with E-state index in [2.05, 4.69) is 42.7 Å². The van der Waals surface area contributed by atoms with E-state index in [-0.39, 0.29) is 11.2 Å². The van der Waals surface area contributed by atoms with Crippen LogP contribution in [0, 0.1) is 5.82 Å². The second kappa shape index (κ2) is 10.9. The zero-order valence-corrected chi connectivity index (χ0v) is 18.9. The van der Waals surface area contributed by atoms with E-state index in [1.165, 1.54) is 17.7 Å². The fourth-order valence-electron chi connectivity index (χ4n) is 3.68. The highest BCUT2D eigenvalue weighted by Crippen LogP contribution is 2.24. The van der Waals surface area contributed by atoms with E-state index in [1.807, 2.05) is 24.3 Å². The molecule has 0 spiro atoms. The number of halogens is 1. The number of rotatable bonds is 9. The minimum atomic E-state index is -0.525. The smallest absolute Gasteiger partial charge is 0.123 e. The Morgan fingerprint density at radius 3 is 2.19 bits per heavy atom. The summed E-state index contributed by atoms with van der Waals surface area (Å²) in [4.78, 5) is 4.48. The van der Waals surface area contributed by atoms with E-state index in [0.29, 0.717) is 26.4 Å². The van der Waals surface area contributed by atoms with Crippen molar-refractivity contribution in [1.29, 1.82) is 0 Å². The van der Waals surface area contributed by atoms with Crippen molar-refractivity contribution in [2.75, 3.05) is 57.4 Å². The van der Waals surface area contributed by atoms with Crippen molar-refractivity contribution in [1.82, 2.24) is 4.90 Å². The van der Waals surface area contributed by atoms with Crippen LogP contribution in [0.15, 0.2) is 48.5 Å². The van der Waals surface area contributed by atoms with E-state index in [9.17, 15) is 9.50 Å². The molecule has 5 nitrogen and oxygen atoms in total. The molecule has 0 saturated carbocycles. The molecule has 1 N–H and O–H groups in total. The molecule has 2 aromatic rings. The summed E-state index contributed by atoms with van der Waals surface area (Å²) in [5, 5.41) is 10.3. The summed E-state index contributed by atoms with van der Waals surface area (Å²) in [6.45, 7) is 11.8. The first-order chi connectivity index (χ1) is 14.8. The third-order valence-electron chi connectivity index (χ3n) is 5.56. The number of benzene rings is 2. The van der Waals surface area contributed by atoms with Crippen molar-refractivity contribution >= 4 is 5.69 Å². The summed E-state index contributed by atoms with van der Waals surface area (Å²) >= 11 is 0. The van der Waals surface area contributed by atoms with E-state index in [1.54, 1.807) is 0 Å². The minimum Gasteiger partial charge on any atom is -0.491 e. The van der Waals surface area contributed by atoms with Crippen molar-refractivity contribution in [2.45, 2.75) is 32.3 Å². The average Bonchev–Trinajstić information content (AvgIpc) is 2.74. The maximum Gasteiger partial charge on any atom is 0.123 e. The van der Waals surface area contributed by atoms with Crippen LogP contribution in [0.5, 0.6) is 5.75 Å². The van der Waals surface area contributed by atoms with Gasteiger partial charge in [0.05, 0.1) is 19.3 Å². The normalized spacial score (nSPS) is 16.4. The quantitative estimate of drug-likeness (QED) is 0.615. The van der Waals surface area contributed by atoms with Gasteiger partial charge in [-0.3, -0.25) is 4.90 Å². The SMILES string of the molecule is CC(C)(C)c1ccc(OCCOC[C@H](O)CN2CCN(c3ccc(F)cc3)CC2)cc1. The first kappa shape index (κ1) is 23.5. The molecule has 0 aromatic heterocycles. The Morgan fingerprint density at radius 2 is 1.58 bits per heavy atom. The number of hydrogen-bond donors (Lipinski definition) is 1. The Hall–Kier alpha value is -2.15. The standard InChI is InChI=1S/C25H35FN2O3/c1-25(2,3)20-4-10-24(11-5-20)31-17-16-30-19-23(29)18-27-12-14-28(15-13-27)22-8-6-21(26)7-9-22/h4-11,23,29H,12-19H2,1-3H3/t23-/m1/s1. The van der Waals surface area contributed by atoms with Gasteiger partial charge in [-0.15, -0.1) is 0 Å². The molecular formula is C25H35FN2O3. The Bertz CT molecular complexity index is 782. The first-order valence-corrected chi connectivity index (χ1v) is 11.0. The van der Waals surface area contributed by atoms with Gasteiger partial charge < -0.3 is 19.5 Å². The van der Waals surface area contributed by atoms with Crippen LogP contribution >= 0.6 is 0 Å². The van der Waals surface area contributed by atoms with Crippen LogP contribution in [0.2, 0.25) is 0 Å². The van der Waals surface area contributed by atoms with Crippen molar-refractivity contribution in [2.24, 2.45) is 0 Å². The largest absolute Gasteiger partial charge is 0.491 e. The van der Waals surface area contributed by atoms with Gasteiger partial charge in [0.15, 0.2) is 0 Å². The molecule has 0 amide bonds. The summed E-state index contributed by atoms with van der Waals surface area (Å²) in [6.07, 6.45) is -0.525. The van der Waals surface area contributed by atoms with E-state index in [0.717, 1.165) is 37.6 Å². The molecule has 3 rings (SSSR count). The molecule has 1 fully saturated rings. The van der Waals surface area contributed by atoms with Crippen LogP contribution in [0.1, 0.15) is 26.3 Å². The zero-order chi connectivity index (χ0) is 22.3. The van der Waals surface area contributed by atoms with Gasteiger partial charge >= 0.3 is 0 Å². The number of aliphatic hydroxyl groups is 1. The summed E-state index contributed by atoms with van der Waals surface area (Å²) in [5.74, 6) is 0.616. The summed E-state index contributed by atoms with van der Waals surface area (Å²) in [6, 6.07) is 14.8. The van der Waals surface area contributed by atoms with E-state index in [4.69, 9.17) is 9.47 Å². The highest BCUT2D eigenvalue weighted by Gasteiger charge is 2.19. The van der Waals surface area contributed by atoms with E-state index < -0.39 is 6.10 Å². The van der Waals surface area contributed by atoms with Gasteiger partial charge in [0, 0.05) is 38.4 Å². The second-order valence-electron chi connectivity index (χ2n) is 9.12. The number of ether oxygens (including phenoxy) is 2.